The standard InChI is InChI=1S/C31H23F3N2O7S/c32-31(33,34)43-20-8-9-22(36-30(40)19-10-12-44-17-19)23(13-20)35-28(39)7-4-11-41-21-14-24(37)29-25(38)16-26(42-27(29)15-21)18-5-2-1-3-6-18/h1-3,5-6,8-10,12-17,37H,4,7,11H2,(H,35,39)(H,36,40). The number of carbonyl (C=O) groups excluding carboxylic acids is 2. The summed E-state index contributed by atoms with van der Waals surface area (Å²) < 4.78 is 53.8. The van der Waals surface area contributed by atoms with E-state index in [9.17, 15) is 32.7 Å². The number of amides is 2. The Morgan fingerprint density at radius 1 is 0.932 bits per heavy atom. The van der Waals surface area contributed by atoms with Crippen LogP contribution in [0, 0.1) is 0 Å². The van der Waals surface area contributed by atoms with Crippen molar-refractivity contribution in [2.45, 2.75) is 19.2 Å². The highest BCUT2D eigenvalue weighted by Gasteiger charge is 2.31. The zero-order chi connectivity index (χ0) is 31.3. The number of phenols is 1. The van der Waals surface area contributed by atoms with Crippen LogP contribution in [0.1, 0.15) is 23.2 Å². The summed E-state index contributed by atoms with van der Waals surface area (Å²) in [5, 5.41) is 18.8. The average molecular weight is 625 g/mol. The zero-order valence-corrected chi connectivity index (χ0v) is 23.5. The Kier molecular flexibility index (Phi) is 8.86. The molecule has 3 N–H and O–H groups in total. The number of halogens is 3. The van der Waals surface area contributed by atoms with Crippen molar-refractivity contribution in [2.24, 2.45) is 0 Å². The van der Waals surface area contributed by atoms with E-state index in [1.165, 1.54) is 35.6 Å². The molecule has 13 heteroatoms. The van der Waals surface area contributed by atoms with E-state index >= 15 is 0 Å². The van der Waals surface area contributed by atoms with E-state index in [1.54, 1.807) is 41.1 Å². The molecule has 0 unspecified atom stereocenters. The molecule has 5 aromatic rings. The number of aromatic hydroxyl groups is 1. The van der Waals surface area contributed by atoms with E-state index in [0.29, 0.717) is 16.9 Å². The molecule has 3 aromatic carbocycles. The smallest absolute Gasteiger partial charge is 0.507 e. The van der Waals surface area contributed by atoms with Crippen molar-refractivity contribution >= 4 is 45.5 Å². The number of rotatable bonds is 10. The van der Waals surface area contributed by atoms with Gasteiger partial charge in [-0.1, -0.05) is 30.3 Å². The molecule has 5 rings (SSSR count). The second-order valence-electron chi connectivity index (χ2n) is 9.38. The van der Waals surface area contributed by atoms with E-state index < -0.39 is 29.4 Å². The molecule has 0 aliphatic rings. The Morgan fingerprint density at radius 2 is 1.73 bits per heavy atom. The monoisotopic (exact) mass is 624 g/mol. The lowest BCUT2D eigenvalue weighted by Crippen LogP contribution is -2.19. The lowest BCUT2D eigenvalue weighted by molar-refractivity contribution is -0.274. The summed E-state index contributed by atoms with van der Waals surface area (Å²) in [4.78, 5) is 37.8. The van der Waals surface area contributed by atoms with E-state index in [-0.39, 0.29) is 53.3 Å². The van der Waals surface area contributed by atoms with Crippen molar-refractivity contribution in [1.82, 2.24) is 0 Å². The average Bonchev–Trinajstić information content (AvgIpc) is 3.51. The maximum atomic E-state index is 12.8. The minimum absolute atomic E-state index is 0.00460. The highest BCUT2D eigenvalue weighted by Crippen LogP contribution is 2.33. The minimum Gasteiger partial charge on any atom is -0.507 e. The Labute approximate surface area is 251 Å². The first-order valence-corrected chi connectivity index (χ1v) is 14.0. The van der Waals surface area contributed by atoms with Crippen LogP contribution in [0.25, 0.3) is 22.3 Å². The van der Waals surface area contributed by atoms with Crippen LogP contribution in [0.3, 0.4) is 0 Å². The molecule has 0 bridgehead atoms. The van der Waals surface area contributed by atoms with Crippen molar-refractivity contribution in [3.8, 4) is 28.6 Å². The van der Waals surface area contributed by atoms with E-state index in [2.05, 4.69) is 15.4 Å². The first-order chi connectivity index (χ1) is 21.1. The van der Waals surface area contributed by atoms with Gasteiger partial charge in [0.2, 0.25) is 5.91 Å². The second-order valence-corrected chi connectivity index (χ2v) is 10.2. The molecule has 0 fully saturated rings. The second kappa shape index (κ2) is 12.9. The first-order valence-electron chi connectivity index (χ1n) is 13.1. The number of hydrogen-bond donors (Lipinski definition) is 3. The number of carbonyl (C=O) groups is 2. The number of hydrogen-bond acceptors (Lipinski definition) is 8. The minimum atomic E-state index is -4.96. The number of benzene rings is 3. The molecule has 0 atom stereocenters. The third-order valence-electron chi connectivity index (χ3n) is 6.19. The molecule has 0 saturated heterocycles. The van der Waals surface area contributed by atoms with Gasteiger partial charge in [0.1, 0.15) is 34.0 Å². The Morgan fingerprint density at radius 3 is 2.45 bits per heavy atom. The van der Waals surface area contributed by atoms with Gasteiger partial charge in [0.15, 0.2) is 5.43 Å². The maximum absolute atomic E-state index is 12.8. The molecule has 2 aromatic heterocycles. The number of thiophene rings is 1. The molecular formula is C31H23F3N2O7S. The van der Waals surface area contributed by atoms with Gasteiger partial charge in [-0.15, -0.1) is 13.2 Å². The fourth-order valence-corrected chi connectivity index (χ4v) is 4.86. The van der Waals surface area contributed by atoms with Gasteiger partial charge in [0, 0.05) is 41.6 Å². The maximum Gasteiger partial charge on any atom is 0.573 e. The molecular weight excluding hydrogens is 601 g/mol. The van der Waals surface area contributed by atoms with E-state index in [4.69, 9.17) is 9.15 Å². The van der Waals surface area contributed by atoms with Crippen LogP contribution in [0.2, 0.25) is 0 Å². The summed E-state index contributed by atoms with van der Waals surface area (Å²) in [6.07, 6.45) is -4.88. The highest BCUT2D eigenvalue weighted by atomic mass is 32.1. The van der Waals surface area contributed by atoms with Crippen molar-refractivity contribution in [3.05, 3.63) is 99.3 Å². The van der Waals surface area contributed by atoms with Gasteiger partial charge < -0.3 is 29.6 Å². The Hall–Kier alpha value is -5.30. The molecule has 9 nitrogen and oxygen atoms in total. The van der Waals surface area contributed by atoms with Crippen LogP contribution >= 0.6 is 11.3 Å². The van der Waals surface area contributed by atoms with Crippen LogP contribution in [-0.2, 0) is 4.79 Å². The predicted octanol–water partition coefficient (Wildman–Crippen LogP) is 7.18. The van der Waals surface area contributed by atoms with Gasteiger partial charge >= 0.3 is 6.36 Å². The van der Waals surface area contributed by atoms with Gasteiger partial charge in [-0.25, -0.2) is 0 Å². The topological polar surface area (TPSA) is 127 Å². The molecule has 226 valence electrons. The van der Waals surface area contributed by atoms with Crippen molar-refractivity contribution < 1.29 is 41.8 Å². The number of ether oxygens (including phenoxy) is 2. The zero-order valence-electron chi connectivity index (χ0n) is 22.6. The van der Waals surface area contributed by atoms with Crippen LogP contribution < -0.4 is 25.5 Å². The normalized spacial score (nSPS) is 11.2. The largest absolute Gasteiger partial charge is 0.573 e. The van der Waals surface area contributed by atoms with Crippen molar-refractivity contribution in [2.75, 3.05) is 17.2 Å². The van der Waals surface area contributed by atoms with Crippen LogP contribution in [0.5, 0.6) is 17.2 Å². The van der Waals surface area contributed by atoms with Gasteiger partial charge in [-0.05, 0) is 30.0 Å². The fraction of sp³-hybridized carbons (Fsp3) is 0.129. The highest BCUT2D eigenvalue weighted by molar-refractivity contribution is 7.08. The van der Waals surface area contributed by atoms with Crippen molar-refractivity contribution in [1.29, 1.82) is 0 Å². The van der Waals surface area contributed by atoms with Gasteiger partial charge in [0.05, 0.1) is 23.5 Å². The van der Waals surface area contributed by atoms with E-state index in [0.717, 1.165) is 12.1 Å². The third kappa shape index (κ3) is 7.55. The van der Waals surface area contributed by atoms with Gasteiger partial charge in [0.25, 0.3) is 5.91 Å². The lowest BCUT2D eigenvalue weighted by Gasteiger charge is -2.15. The Balaban J connectivity index is 1.24. The van der Waals surface area contributed by atoms with Crippen LogP contribution in [0.15, 0.2) is 92.8 Å². The molecule has 0 aliphatic carbocycles. The van der Waals surface area contributed by atoms with Gasteiger partial charge in [-0.3, -0.25) is 14.4 Å². The summed E-state index contributed by atoms with van der Waals surface area (Å²) >= 11 is 1.29. The molecule has 0 radical (unpaired) electrons. The van der Waals surface area contributed by atoms with Crippen molar-refractivity contribution in [3.63, 3.8) is 0 Å². The van der Waals surface area contributed by atoms with E-state index in [1.807, 2.05) is 6.07 Å². The summed E-state index contributed by atoms with van der Waals surface area (Å²) in [6, 6.07) is 17.7. The number of alkyl halides is 3. The number of anilines is 2. The summed E-state index contributed by atoms with van der Waals surface area (Å²) in [6.45, 7) is 0.0138. The number of nitrogens with one attached hydrogen (secondary N) is 2. The lowest BCUT2D eigenvalue weighted by atomic mass is 10.1. The molecule has 44 heavy (non-hydrogen) atoms. The number of fused-ring (bicyclic) bond motifs is 1. The molecule has 2 heterocycles. The third-order valence-corrected chi connectivity index (χ3v) is 6.87. The SMILES string of the molecule is O=C(CCCOc1cc(O)c2c(=O)cc(-c3ccccc3)oc2c1)Nc1cc(OC(F)(F)F)ccc1NC(=O)c1ccsc1. The summed E-state index contributed by atoms with van der Waals surface area (Å²) in [5.74, 6) is -1.48. The van der Waals surface area contributed by atoms with Crippen LogP contribution in [-0.4, -0.2) is 29.9 Å². The molecule has 2 amide bonds. The Bertz CT molecular complexity index is 1860. The molecule has 0 aliphatic heterocycles. The quantitative estimate of drug-likeness (QED) is 0.141. The van der Waals surface area contributed by atoms with Gasteiger partial charge in [-0.2, -0.15) is 11.3 Å². The summed E-state index contributed by atoms with van der Waals surface area (Å²) in [5.41, 5.74) is 0.681. The number of phenolic OH excluding ortho intramolecular Hbond substituents is 1. The molecule has 0 spiro atoms. The molecule has 0 saturated carbocycles. The van der Waals surface area contributed by atoms with Crippen LogP contribution in [0.4, 0.5) is 24.5 Å². The fourth-order valence-electron chi connectivity index (χ4n) is 4.23. The predicted molar refractivity (Wildman–Crippen MR) is 158 cm³/mol. The summed E-state index contributed by atoms with van der Waals surface area (Å²) in [7, 11) is 0. The first kappa shape index (κ1) is 30.2.